The van der Waals surface area contributed by atoms with E-state index in [2.05, 4.69) is 28.0 Å². The molecule has 63 valence electrons. The van der Waals surface area contributed by atoms with Crippen molar-refractivity contribution in [3.63, 3.8) is 0 Å². The van der Waals surface area contributed by atoms with E-state index >= 15 is 0 Å². The number of hydrogen-bond donors (Lipinski definition) is 1. The van der Waals surface area contributed by atoms with Gasteiger partial charge < -0.3 is 10.2 Å². The minimum atomic E-state index is 0.734. The van der Waals surface area contributed by atoms with Gasteiger partial charge in [-0.05, 0) is 12.1 Å². The van der Waals surface area contributed by atoms with E-state index in [4.69, 9.17) is 0 Å². The summed E-state index contributed by atoms with van der Waals surface area (Å²) in [4.78, 5) is 6.07. The molecule has 0 unspecified atom stereocenters. The predicted octanol–water partition coefficient (Wildman–Crippen LogP) is 1.39. The molecule has 1 aromatic rings. The molecule has 0 amide bonds. The zero-order valence-corrected chi connectivity index (χ0v) is 7.85. The number of anilines is 2. The van der Waals surface area contributed by atoms with Gasteiger partial charge in [-0.25, -0.2) is 4.98 Å². The molecule has 1 N–H and O–H groups in total. The van der Waals surface area contributed by atoms with Crippen molar-refractivity contribution >= 4 is 29.2 Å². The Bertz CT molecular complexity index is 273. The Kier molecular flexibility index (Phi) is 2.99. The largest absolute Gasteiger partial charge is 0.375 e. The summed E-state index contributed by atoms with van der Waals surface area (Å²) in [5, 5.41) is 2.77. The third kappa shape index (κ3) is 1.92. The molecule has 1 rings (SSSR count). The molecule has 0 atom stereocenters. The van der Waals surface area contributed by atoms with Gasteiger partial charge in [0.25, 0.3) is 0 Å². The Labute approximate surface area is 77.4 Å². The van der Waals surface area contributed by atoms with Gasteiger partial charge in [0.15, 0.2) is 5.82 Å². The van der Waals surface area contributed by atoms with Crippen LogP contribution in [0.1, 0.15) is 0 Å². The Morgan fingerprint density at radius 2 is 2.33 bits per heavy atom. The van der Waals surface area contributed by atoms with E-state index in [0.29, 0.717) is 0 Å². The molecule has 3 nitrogen and oxygen atoms in total. The van der Waals surface area contributed by atoms with Crippen molar-refractivity contribution in [3.05, 3.63) is 18.3 Å². The van der Waals surface area contributed by atoms with Crippen molar-refractivity contribution in [2.24, 2.45) is 0 Å². The summed E-state index contributed by atoms with van der Waals surface area (Å²) in [7, 11) is 3.90. The van der Waals surface area contributed by atoms with Gasteiger partial charge in [-0.1, -0.05) is 12.2 Å². The molecular formula is C8H10N3S. The maximum atomic E-state index is 4.56. The third-order valence-corrected chi connectivity index (χ3v) is 1.54. The van der Waals surface area contributed by atoms with Gasteiger partial charge in [0, 0.05) is 20.3 Å². The Morgan fingerprint density at radius 3 is 2.92 bits per heavy atom. The fraction of sp³-hybridized carbons (Fsp3) is 0.250. The molecule has 1 heterocycles. The highest BCUT2D eigenvalue weighted by Gasteiger charge is 2.01. The minimum absolute atomic E-state index is 0.734. The summed E-state index contributed by atoms with van der Waals surface area (Å²) in [5.74, 6) is 0.734. The highest BCUT2D eigenvalue weighted by Crippen LogP contribution is 2.19. The molecule has 0 aliphatic heterocycles. The lowest BCUT2D eigenvalue weighted by atomic mass is 10.3. The molecule has 0 aliphatic carbocycles. The molecule has 0 bridgehead atoms. The summed E-state index contributed by atoms with van der Waals surface area (Å²) in [6, 6.07) is 3.84. The van der Waals surface area contributed by atoms with Gasteiger partial charge in [-0.2, -0.15) is 0 Å². The Hall–Kier alpha value is -1.16. The summed E-state index contributed by atoms with van der Waals surface area (Å²) in [5.41, 5.74) is 3.42. The van der Waals surface area contributed by atoms with Crippen LogP contribution in [-0.2, 0) is 0 Å². The zero-order chi connectivity index (χ0) is 8.97. The van der Waals surface area contributed by atoms with Crippen LogP contribution in [0.5, 0.6) is 0 Å². The maximum absolute atomic E-state index is 4.56. The lowest BCUT2D eigenvalue weighted by molar-refractivity contribution is 1.11. The van der Waals surface area contributed by atoms with E-state index in [1.54, 1.807) is 6.20 Å². The minimum Gasteiger partial charge on any atom is -0.375 e. The lowest BCUT2D eigenvalue weighted by Crippen LogP contribution is -2.12. The van der Waals surface area contributed by atoms with Gasteiger partial charge in [0.05, 0.1) is 5.69 Å². The van der Waals surface area contributed by atoms with Crippen LogP contribution < -0.4 is 10.2 Å². The quantitative estimate of drug-likeness (QED) is 0.562. The van der Waals surface area contributed by atoms with E-state index in [1.165, 1.54) is 0 Å². The molecular weight excluding hydrogens is 170 g/mol. The summed E-state index contributed by atoms with van der Waals surface area (Å²) < 4.78 is 0. The molecule has 1 aromatic heterocycles. The van der Waals surface area contributed by atoms with Crippen molar-refractivity contribution in [2.75, 3.05) is 24.3 Å². The third-order valence-electron chi connectivity index (χ3n) is 1.44. The van der Waals surface area contributed by atoms with E-state index in [1.807, 2.05) is 31.1 Å². The molecule has 0 saturated heterocycles. The number of nitrogens with zero attached hydrogens (tertiary/aromatic N) is 2. The first kappa shape index (κ1) is 8.93. The van der Waals surface area contributed by atoms with Crippen LogP contribution in [0.15, 0.2) is 18.3 Å². The molecule has 12 heavy (non-hydrogen) atoms. The van der Waals surface area contributed by atoms with Crippen LogP contribution in [0.3, 0.4) is 0 Å². The number of thiocarbonyl (C=S) groups is 1. The Morgan fingerprint density at radius 1 is 1.58 bits per heavy atom. The van der Waals surface area contributed by atoms with E-state index in [0.717, 1.165) is 11.5 Å². The van der Waals surface area contributed by atoms with E-state index in [-0.39, 0.29) is 0 Å². The van der Waals surface area contributed by atoms with Crippen molar-refractivity contribution in [3.8, 4) is 0 Å². The number of nitrogens with one attached hydrogen (secondary N) is 1. The average molecular weight is 180 g/mol. The monoisotopic (exact) mass is 180 g/mol. The second-order valence-electron chi connectivity index (χ2n) is 2.49. The summed E-state index contributed by atoms with van der Waals surface area (Å²) >= 11 is 4.56. The maximum Gasteiger partial charge on any atom is 0.154 e. The smallest absolute Gasteiger partial charge is 0.154 e. The molecule has 0 aromatic carbocycles. The molecule has 4 heteroatoms. The zero-order valence-electron chi connectivity index (χ0n) is 7.03. The summed E-state index contributed by atoms with van der Waals surface area (Å²) in [6.45, 7) is 0. The number of rotatable bonds is 3. The van der Waals surface area contributed by atoms with E-state index in [9.17, 15) is 0 Å². The highest BCUT2D eigenvalue weighted by molar-refractivity contribution is 7.79. The van der Waals surface area contributed by atoms with Gasteiger partial charge in [0.1, 0.15) is 5.49 Å². The number of hydrogen-bond acceptors (Lipinski definition) is 3. The van der Waals surface area contributed by atoms with E-state index < -0.39 is 0 Å². The van der Waals surface area contributed by atoms with Crippen molar-refractivity contribution in [1.29, 1.82) is 0 Å². The van der Waals surface area contributed by atoms with Gasteiger partial charge >= 0.3 is 0 Å². The molecule has 0 spiro atoms. The van der Waals surface area contributed by atoms with Crippen LogP contribution in [0.25, 0.3) is 0 Å². The lowest BCUT2D eigenvalue weighted by Gasteiger charge is -2.14. The van der Waals surface area contributed by atoms with Crippen LogP contribution >= 0.6 is 12.2 Å². The SMILES string of the molecule is CN(C)c1cccnc1N[C]=S. The van der Waals surface area contributed by atoms with Gasteiger partial charge in [-0.3, -0.25) is 0 Å². The normalized spacial score (nSPS) is 9.17. The standard InChI is InChI=1S/C8H10N3S/c1-11(2)7-4-3-5-9-8(7)10-6-12/h3-5H,1-2H3,(H,9,10,12). The van der Waals surface area contributed by atoms with Crippen molar-refractivity contribution in [2.45, 2.75) is 0 Å². The first-order valence-corrected chi connectivity index (χ1v) is 3.92. The van der Waals surface area contributed by atoms with Crippen LogP contribution in [-0.4, -0.2) is 24.6 Å². The number of pyridine rings is 1. The van der Waals surface area contributed by atoms with Crippen LogP contribution in [0.4, 0.5) is 11.5 Å². The second kappa shape index (κ2) is 4.01. The topological polar surface area (TPSA) is 28.2 Å². The second-order valence-corrected chi connectivity index (χ2v) is 2.70. The van der Waals surface area contributed by atoms with Crippen molar-refractivity contribution in [1.82, 2.24) is 4.98 Å². The Balaban J connectivity index is 2.99. The number of aromatic nitrogens is 1. The molecule has 1 radical (unpaired) electrons. The fourth-order valence-corrected chi connectivity index (χ4v) is 0.999. The first-order valence-electron chi connectivity index (χ1n) is 3.51. The van der Waals surface area contributed by atoms with Crippen molar-refractivity contribution < 1.29 is 0 Å². The van der Waals surface area contributed by atoms with Gasteiger partial charge in [0.2, 0.25) is 0 Å². The molecule has 0 aliphatic rings. The fourth-order valence-electron chi connectivity index (χ4n) is 0.902. The first-order chi connectivity index (χ1) is 5.75. The predicted molar refractivity (Wildman–Crippen MR) is 54.8 cm³/mol. The molecule has 0 saturated carbocycles. The van der Waals surface area contributed by atoms with Gasteiger partial charge in [-0.15, -0.1) is 0 Å². The average Bonchev–Trinajstić information content (AvgIpc) is 2.05. The highest BCUT2D eigenvalue weighted by atomic mass is 32.1. The van der Waals surface area contributed by atoms with Crippen LogP contribution in [0, 0.1) is 0 Å². The summed E-state index contributed by atoms with van der Waals surface area (Å²) in [6.07, 6.45) is 1.71. The van der Waals surface area contributed by atoms with Crippen LogP contribution in [0.2, 0.25) is 0 Å². The molecule has 0 fully saturated rings.